The molecule has 2 atom stereocenters. The molecule has 0 bridgehead atoms. The average Bonchev–Trinajstić information content (AvgIpc) is 2.31. The first kappa shape index (κ1) is 14.3. The van der Waals surface area contributed by atoms with Gasteiger partial charge < -0.3 is 5.32 Å². The fourth-order valence-corrected chi connectivity index (χ4v) is 2.16. The van der Waals surface area contributed by atoms with E-state index in [4.69, 9.17) is 11.6 Å². The lowest BCUT2D eigenvalue weighted by molar-refractivity contribution is 0.352. The Bertz CT molecular complexity index is 313. The lowest BCUT2D eigenvalue weighted by Gasteiger charge is -2.25. The van der Waals surface area contributed by atoms with Gasteiger partial charge in [0.25, 0.3) is 0 Å². The summed E-state index contributed by atoms with van der Waals surface area (Å²) in [7, 11) is 0. The van der Waals surface area contributed by atoms with Crippen molar-refractivity contribution in [3.8, 4) is 0 Å². The molecule has 0 spiro atoms. The predicted molar refractivity (Wildman–Crippen MR) is 77.2 cm³/mol. The van der Waals surface area contributed by atoms with Crippen LogP contribution in [0.5, 0.6) is 0 Å². The topological polar surface area (TPSA) is 12.0 Å². The van der Waals surface area contributed by atoms with E-state index in [2.05, 4.69) is 19.2 Å². The van der Waals surface area contributed by atoms with Gasteiger partial charge in [-0.15, -0.1) is 0 Å². The smallest absolute Gasteiger partial charge is 0.00484 e. The summed E-state index contributed by atoms with van der Waals surface area (Å²) in [6, 6.07) is 11.5. The molecule has 0 amide bonds. The Morgan fingerprint density at radius 1 is 1.12 bits per heavy atom. The van der Waals surface area contributed by atoms with Crippen molar-refractivity contribution in [2.75, 3.05) is 0 Å². The van der Waals surface area contributed by atoms with Crippen molar-refractivity contribution in [3.63, 3.8) is 0 Å². The van der Waals surface area contributed by atoms with Crippen LogP contribution in [0.2, 0.25) is 0 Å². The van der Waals surface area contributed by atoms with Crippen LogP contribution in [0.25, 0.3) is 6.08 Å². The van der Waals surface area contributed by atoms with Crippen LogP contribution < -0.4 is 5.32 Å². The van der Waals surface area contributed by atoms with E-state index in [1.165, 1.54) is 24.8 Å². The molecular weight excluding hydrogens is 230 g/mol. The number of halogens is 1. The third-order valence-corrected chi connectivity index (χ3v) is 3.02. The third kappa shape index (κ3) is 6.50. The van der Waals surface area contributed by atoms with Gasteiger partial charge in [0.1, 0.15) is 0 Å². The van der Waals surface area contributed by atoms with Crippen molar-refractivity contribution >= 4 is 17.7 Å². The second kappa shape index (κ2) is 8.32. The van der Waals surface area contributed by atoms with Gasteiger partial charge in [-0.25, -0.2) is 0 Å². The number of nitrogens with one attached hydrogen (secondary N) is 1. The molecule has 1 aliphatic heterocycles. The zero-order chi connectivity index (χ0) is 12.5. The molecule has 1 nitrogen and oxygen atoms in total. The minimum absolute atomic E-state index is 0.763. The minimum atomic E-state index is 0.763. The maximum atomic E-state index is 5.36. The standard InChI is InChI=1S/C8H7Cl.C7H15N/c9-7-6-8-4-2-1-3-5-8;1-6-4-3-5-7(2)8-6/h1-7H;6-8H,3-5H2,1-2H3. The predicted octanol–water partition coefficient (Wildman–Crippen LogP) is 4.43. The van der Waals surface area contributed by atoms with Gasteiger partial charge >= 0.3 is 0 Å². The Hall–Kier alpha value is -0.790. The molecule has 1 fully saturated rings. The van der Waals surface area contributed by atoms with Crippen molar-refractivity contribution in [2.24, 2.45) is 0 Å². The molecule has 1 N–H and O–H groups in total. The number of hydrogen-bond acceptors (Lipinski definition) is 1. The van der Waals surface area contributed by atoms with E-state index >= 15 is 0 Å². The Morgan fingerprint density at radius 2 is 1.71 bits per heavy atom. The molecule has 2 unspecified atom stereocenters. The van der Waals surface area contributed by atoms with Crippen LogP contribution in [0.1, 0.15) is 38.7 Å². The summed E-state index contributed by atoms with van der Waals surface area (Å²) >= 11 is 5.36. The molecular formula is C15H22ClN. The number of benzene rings is 1. The van der Waals surface area contributed by atoms with Gasteiger partial charge in [-0.05, 0) is 38.3 Å². The Kier molecular flexibility index (Phi) is 6.99. The second-order valence-electron chi connectivity index (χ2n) is 4.60. The van der Waals surface area contributed by atoms with Crippen LogP contribution in [0.4, 0.5) is 0 Å². The second-order valence-corrected chi connectivity index (χ2v) is 4.85. The van der Waals surface area contributed by atoms with E-state index in [1.807, 2.05) is 36.4 Å². The highest BCUT2D eigenvalue weighted by atomic mass is 35.5. The lowest BCUT2D eigenvalue weighted by Crippen LogP contribution is -2.38. The van der Waals surface area contributed by atoms with E-state index < -0.39 is 0 Å². The summed E-state index contributed by atoms with van der Waals surface area (Å²) in [6.07, 6.45) is 5.99. The fraction of sp³-hybridized carbons (Fsp3) is 0.467. The van der Waals surface area contributed by atoms with Crippen LogP contribution in [0.3, 0.4) is 0 Å². The van der Waals surface area contributed by atoms with E-state index in [9.17, 15) is 0 Å². The summed E-state index contributed by atoms with van der Waals surface area (Å²) < 4.78 is 0. The largest absolute Gasteiger partial charge is 0.312 e. The average molecular weight is 252 g/mol. The molecule has 0 saturated carbocycles. The highest BCUT2D eigenvalue weighted by Crippen LogP contribution is 2.10. The number of rotatable bonds is 1. The summed E-state index contributed by atoms with van der Waals surface area (Å²) in [4.78, 5) is 0. The Labute approximate surface area is 110 Å². The molecule has 17 heavy (non-hydrogen) atoms. The van der Waals surface area contributed by atoms with Crippen molar-refractivity contribution < 1.29 is 0 Å². The molecule has 0 radical (unpaired) electrons. The van der Waals surface area contributed by atoms with E-state index in [-0.39, 0.29) is 0 Å². The Morgan fingerprint density at radius 3 is 2.12 bits per heavy atom. The molecule has 94 valence electrons. The molecule has 2 heteroatoms. The normalized spacial score (nSPS) is 24.2. The quantitative estimate of drug-likeness (QED) is 0.779. The van der Waals surface area contributed by atoms with E-state index in [0.29, 0.717) is 0 Å². The van der Waals surface area contributed by atoms with Gasteiger partial charge in [0.15, 0.2) is 0 Å². The fourth-order valence-electron chi connectivity index (χ4n) is 2.02. The van der Waals surface area contributed by atoms with Crippen LogP contribution in [-0.4, -0.2) is 12.1 Å². The molecule has 2 rings (SSSR count). The Balaban J connectivity index is 0.000000171. The van der Waals surface area contributed by atoms with Gasteiger partial charge in [-0.3, -0.25) is 0 Å². The first-order valence-corrected chi connectivity index (χ1v) is 6.74. The summed E-state index contributed by atoms with van der Waals surface area (Å²) in [5, 5.41) is 3.48. The molecule has 1 aromatic rings. The van der Waals surface area contributed by atoms with Crippen LogP contribution in [0.15, 0.2) is 35.9 Å². The first-order valence-electron chi connectivity index (χ1n) is 6.30. The number of piperidine rings is 1. The van der Waals surface area contributed by atoms with Gasteiger partial charge in [-0.1, -0.05) is 48.4 Å². The van der Waals surface area contributed by atoms with Crippen LogP contribution >= 0.6 is 11.6 Å². The van der Waals surface area contributed by atoms with Crippen LogP contribution in [0, 0.1) is 0 Å². The van der Waals surface area contributed by atoms with E-state index in [1.54, 1.807) is 0 Å². The summed E-state index contributed by atoms with van der Waals surface area (Å²) in [6.45, 7) is 4.52. The molecule has 1 aromatic carbocycles. The summed E-state index contributed by atoms with van der Waals surface area (Å²) in [5.74, 6) is 0. The van der Waals surface area contributed by atoms with Gasteiger partial charge in [-0.2, -0.15) is 0 Å². The van der Waals surface area contributed by atoms with Gasteiger partial charge in [0.2, 0.25) is 0 Å². The molecule has 0 aromatic heterocycles. The molecule has 1 heterocycles. The van der Waals surface area contributed by atoms with E-state index in [0.717, 1.165) is 17.6 Å². The van der Waals surface area contributed by atoms with Crippen molar-refractivity contribution in [3.05, 3.63) is 41.4 Å². The molecule has 1 saturated heterocycles. The first-order chi connectivity index (χ1) is 8.22. The maximum Gasteiger partial charge on any atom is 0.00484 e. The third-order valence-electron chi connectivity index (χ3n) is 2.90. The van der Waals surface area contributed by atoms with Crippen molar-refractivity contribution in [1.29, 1.82) is 0 Å². The SMILES string of the molecule is CC1CCCC(C)N1.ClC=Cc1ccccc1. The number of hydrogen-bond donors (Lipinski definition) is 1. The lowest BCUT2D eigenvalue weighted by atomic mass is 10.0. The highest BCUT2D eigenvalue weighted by Gasteiger charge is 2.11. The van der Waals surface area contributed by atoms with Crippen molar-refractivity contribution in [2.45, 2.75) is 45.2 Å². The van der Waals surface area contributed by atoms with Gasteiger partial charge in [0.05, 0.1) is 0 Å². The zero-order valence-electron chi connectivity index (χ0n) is 10.7. The minimum Gasteiger partial charge on any atom is -0.312 e. The van der Waals surface area contributed by atoms with Gasteiger partial charge in [0, 0.05) is 17.6 Å². The maximum absolute atomic E-state index is 5.36. The molecule has 1 aliphatic rings. The van der Waals surface area contributed by atoms with Crippen molar-refractivity contribution in [1.82, 2.24) is 5.32 Å². The summed E-state index contributed by atoms with van der Waals surface area (Å²) in [5.41, 5.74) is 2.64. The van der Waals surface area contributed by atoms with Crippen LogP contribution in [-0.2, 0) is 0 Å². The zero-order valence-corrected chi connectivity index (χ0v) is 11.5. The monoisotopic (exact) mass is 251 g/mol. The molecule has 0 aliphatic carbocycles. The highest BCUT2D eigenvalue weighted by molar-refractivity contribution is 6.27.